The standard InChI is InChI=1S/C18H13BrF3N5O2S/c1-3-30(28,29)15-11-5-4-10(19)6-9(11)8-23-14(15)17-24-12-7-13(18(20,21)22)25-26-16(12)27(17)2/h4-8H,3H2,1-2H3. The molecule has 0 bridgehead atoms. The van der Waals surface area contributed by atoms with E-state index in [2.05, 4.69) is 36.1 Å². The fourth-order valence-electron chi connectivity index (χ4n) is 3.12. The van der Waals surface area contributed by atoms with Gasteiger partial charge in [0.15, 0.2) is 27.0 Å². The fraction of sp³-hybridized carbons (Fsp3) is 0.222. The van der Waals surface area contributed by atoms with Crippen LogP contribution in [0.25, 0.3) is 33.5 Å². The molecule has 12 heteroatoms. The maximum atomic E-state index is 13.0. The van der Waals surface area contributed by atoms with Gasteiger partial charge in [-0.2, -0.15) is 13.2 Å². The van der Waals surface area contributed by atoms with E-state index in [0.29, 0.717) is 10.8 Å². The van der Waals surface area contributed by atoms with Gasteiger partial charge in [0.1, 0.15) is 16.1 Å². The number of halogens is 4. The average Bonchev–Trinajstić information content (AvgIpc) is 3.02. The second-order valence-electron chi connectivity index (χ2n) is 6.50. The molecule has 7 nitrogen and oxygen atoms in total. The summed E-state index contributed by atoms with van der Waals surface area (Å²) in [4.78, 5) is 8.49. The van der Waals surface area contributed by atoms with Crippen LogP contribution in [0.1, 0.15) is 12.6 Å². The van der Waals surface area contributed by atoms with Gasteiger partial charge in [-0.1, -0.05) is 28.9 Å². The van der Waals surface area contributed by atoms with Crippen molar-refractivity contribution in [3.8, 4) is 11.5 Å². The number of pyridine rings is 1. The zero-order valence-electron chi connectivity index (χ0n) is 15.6. The Morgan fingerprint density at radius 1 is 1.17 bits per heavy atom. The first-order valence-corrected chi connectivity index (χ1v) is 11.1. The minimum Gasteiger partial charge on any atom is -0.309 e. The van der Waals surface area contributed by atoms with Crippen molar-refractivity contribution < 1.29 is 21.6 Å². The lowest BCUT2D eigenvalue weighted by atomic mass is 10.1. The van der Waals surface area contributed by atoms with E-state index in [9.17, 15) is 21.6 Å². The molecule has 3 aromatic heterocycles. The van der Waals surface area contributed by atoms with Gasteiger partial charge in [-0.15, -0.1) is 10.2 Å². The molecule has 0 N–H and O–H groups in total. The van der Waals surface area contributed by atoms with Crippen molar-refractivity contribution in [1.29, 1.82) is 0 Å². The molecule has 0 saturated heterocycles. The van der Waals surface area contributed by atoms with E-state index in [4.69, 9.17) is 0 Å². The monoisotopic (exact) mass is 499 g/mol. The Kier molecular flexibility index (Phi) is 4.81. The Bertz CT molecular complexity index is 1420. The van der Waals surface area contributed by atoms with Crippen LogP contribution >= 0.6 is 15.9 Å². The lowest BCUT2D eigenvalue weighted by Gasteiger charge is -2.12. The molecule has 0 atom stereocenters. The molecule has 0 saturated carbocycles. The van der Waals surface area contributed by atoms with Crippen molar-refractivity contribution in [2.45, 2.75) is 18.0 Å². The third kappa shape index (κ3) is 3.33. The summed E-state index contributed by atoms with van der Waals surface area (Å²) in [6.07, 6.45) is -3.18. The highest BCUT2D eigenvalue weighted by Gasteiger charge is 2.34. The summed E-state index contributed by atoms with van der Waals surface area (Å²) in [6.45, 7) is 1.51. The fourth-order valence-corrected chi connectivity index (χ4v) is 4.75. The highest BCUT2D eigenvalue weighted by molar-refractivity contribution is 9.10. The van der Waals surface area contributed by atoms with Crippen LogP contribution in [-0.4, -0.2) is 38.9 Å². The van der Waals surface area contributed by atoms with Crippen LogP contribution in [0.3, 0.4) is 0 Å². The Morgan fingerprint density at radius 2 is 1.90 bits per heavy atom. The van der Waals surface area contributed by atoms with Crippen LogP contribution in [0.4, 0.5) is 13.2 Å². The maximum Gasteiger partial charge on any atom is 0.435 e. The first kappa shape index (κ1) is 20.7. The third-order valence-corrected chi connectivity index (χ3v) is 6.90. The van der Waals surface area contributed by atoms with Crippen molar-refractivity contribution in [1.82, 2.24) is 24.7 Å². The molecule has 0 aliphatic rings. The molecule has 0 unspecified atom stereocenters. The van der Waals surface area contributed by atoms with Crippen molar-refractivity contribution in [3.63, 3.8) is 0 Å². The molecule has 4 rings (SSSR count). The van der Waals surface area contributed by atoms with E-state index in [1.165, 1.54) is 24.7 Å². The number of alkyl halides is 3. The van der Waals surface area contributed by atoms with Crippen LogP contribution in [0, 0.1) is 0 Å². The van der Waals surface area contributed by atoms with Crippen LogP contribution in [0.5, 0.6) is 0 Å². The number of sulfone groups is 1. The smallest absolute Gasteiger partial charge is 0.309 e. The molecule has 0 aliphatic heterocycles. The summed E-state index contributed by atoms with van der Waals surface area (Å²) in [5.74, 6) is -0.103. The van der Waals surface area contributed by atoms with Gasteiger partial charge in [-0.3, -0.25) is 4.98 Å². The van der Waals surface area contributed by atoms with Crippen LogP contribution < -0.4 is 0 Å². The van der Waals surface area contributed by atoms with Crippen LogP contribution in [0.15, 0.2) is 39.8 Å². The van der Waals surface area contributed by atoms with Crippen molar-refractivity contribution in [2.75, 3.05) is 5.75 Å². The van der Waals surface area contributed by atoms with E-state index in [1.807, 2.05) is 0 Å². The average molecular weight is 500 g/mol. The molecule has 4 aromatic rings. The van der Waals surface area contributed by atoms with Gasteiger partial charge in [-0.25, -0.2) is 13.4 Å². The van der Waals surface area contributed by atoms with Crippen molar-refractivity contribution >= 4 is 47.7 Å². The number of hydrogen-bond donors (Lipinski definition) is 0. The number of hydrogen-bond acceptors (Lipinski definition) is 6. The first-order valence-electron chi connectivity index (χ1n) is 8.61. The second kappa shape index (κ2) is 6.98. The molecular formula is C18H13BrF3N5O2S. The number of imidazole rings is 1. The van der Waals surface area contributed by atoms with Gasteiger partial charge >= 0.3 is 6.18 Å². The van der Waals surface area contributed by atoms with E-state index in [0.717, 1.165) is 10.5 Å². The predicted molar refractivity (Wildman–Crippen MR) is 107 cm³/mol. The zero-order chi connectivity index (χ0) is 21.8. The molecule has 0 spiro atoms. The predicted octanol–water partition coefficient (Wildman–Crippen LogP) is 4.15. The minimum atomic E-state index is -4.68. The molecule has 0 amide bonds. The molecule has 1 aromatic carbocycles. The van der Waals surface area contributed by atoms with Crippen molar-refractivity contribution in [2.24, 2.45) is 7.05 Å². The van der Waals surface area contributed by atoms with E-state index >= 15 is 0 Å². The van der Waals surface area contributed by atoms with E-state index < -0.39 is 21.7 Å². The lowest BCUT2D eigenvalue weighted by molar-refractivity contribution is -0.141. The quantitative estimate of drug-likeness (QED) is 0.420. The van der Waals surface area contributed by atoms with Gasteiger partial charge in [0.05, 0.1) is 5.75 Å². The normalized spacial score (nSPS) is 12.7. The van der Waals surface area contributed by atoms with Gasteiger partial charge in [0.2, 0.25) is 0 Å². The molecule has 156 valence electrons. The van der Waals surface area contributed by atoms with Crippen molar-refractivity contribution in [3.05, 3.63) is 40.6 Å². The minimum absolute atomic E-state index is 0.0302. The van der Waals surface area contributed by atoms with Gasteiger partial charge in [0, 0.05) is 34.6 Å². The van der Waals surface area contributed by atoms with Gasteiger partial charge in [-0.05, 0) is 12.1 Å². The molecule has 0 fully saturated rings. The summed E-state index contributed by atoms with van der Waals surface area (Å²) >= 11 is 3.34. The van der Waals surface area contributed by atoms with Crippen LogP contribution in [-0.2, 0) is 23.1 Å². The molecule has 0 aliphatic carbocycles. The first-order chi connectivity index (χ1) is 14.0. The Hall–Kier alpha value is -2.60. The molecule has 30 heavy (non-hydrogen) atoms. The molecule has 3 heterocycles. The number of nitrogens with zero attached hydrogens (tertiary/aromatic N) is 5. The summed E-state index contributed by atoms with van der Waals surface area (Å²) in [7, 11) is -2.23. The third-order valence-electron chi connectivity index (χ3n) is 4.62. The van der Waals surface area contributed by atoms with E-state index in [-0.39, 0.29) is 33.3 Å². The maximum absolute atomic E-state index is 13.0. The number of aryl methyl sites for hydroxylation is 1. The summed E-state index contributed by atoms with van der Waals surface area (Å²) in [5, 5.41) is 7.88. The van der Waals surface area contributed by atoms with E-state index in [1.54, 1.807) is 18.2 Å². The topological polar surface area (TPSA) is 90.6 Å². The number of benzene rings is 1. The number of fused-ring (bicyclic) bond motifs is 2. The highest BCUT2D eigenvalue weighted by Crippen LogP contribution is 2.35. The van der Waals surface area contributed by atoms with Gasteiger partial charge < -0.3 is 4.57 Å². The van der Waals surface area contributed by atoms with Gasteiger partial charge in [0.25, 0.3) is 0 Å². The Morgan fingerprint density at radius 3 is 2.57 bits per heavy atom. The summed E-state index contributed by atoms with van der Waals surface area (Å²) in [6, 6.07) is 5.86. The zero-order valence-corrected chi connectivity index (χ0v) is 18.0. The SMILES string of the molecule is CCS(=O)(=O)c1c(-c2nc3cc(C(F)(F)F)nnc3n2C)ncc2cc(Br)ccc12. The molecule has 0 radical (unpaired) electrons. The molecular weight excluding hydrogens is 487 g/mol. The van der Waals surface area contributed by atoms with Crippen LogP contribution in [0.2, 0.25) is 0 Å². The largest absolute Gasteiger partial charge is 0.435 e. The highest BCUT2D eigenvalue weighted by atomic mass is 79.9. The Balaban J connectivity index is 2.06. The number of aromatic nitrogens is 5. The summed E-state index contributed by atoms with van der Waals surface area (Å²) < 4.78 is 67.0. The lowest BCUT2D eigenvalue weighted by Crippen LogP contribution is -2.10. The Labute approximate surface area is 177 Å². The number of rotatable bonds is 3. The summed E-state index contributed by atoms with van der Waals surface area (Å²) in [5.41, 5.74) is -1.12. The second-order valence-corrected chi connectivity index (χ2v) is 9.63.